The lowest BCUT2D eigenvalue weighted by Gasteiger charge is -2.34. The minimum absolute atomic E-state index is 0.00594. The normalized spacial score (nSPS) is 18.6. The van der Waals surface area contributed by atoms with E-state index in [2.05, 4.69) is 4.90 Å². The summed E-state index contributed by atoms with van der Waals surface area (Å²) in [5.74, 6) is 0.216. The molecule has 0 spiro atoms. The highest BCUT2D eigenvalue weighted by Crippen LogP contribution is 2.24. The third kappa shape index (κ3) is 4.28. The number of piperidine rings is 1. The largest absolute Gasteiger partial charge is 0.343 e. The van der Waals surface area contributed by atoms with Gasteiger partial charge in [0.25, 0.3) is 5.69 Å². The van der Waals surface area contributed by atoms with Gasteiger partial charge in [0.05, 0.1) is 10.8 Å². The van der Waals surface area contributed by atoms with Crippen LogP contribution in [0.5, 0.6) is 0 Å². The average Bonchev–Trinajstić information content (AvgIpc) is 2.56. The van der Waals surface area contributed by atoms with Crippen LogP contribution >= 0.6 is 0 Å². The molecule has 0 saturated carbocycles. The fraction of sp³-hybridized carbons (Fsp3) is 0.588. The lowest BCUT2D eigenvalue weighted by molar-refractivity contribution is -0.385. The second-order valence-electron chi connectivity index (χ2n) is 5.97. The molecule has 6 nitrogen and oxygen atoms in total. The standard InChI is InChI=1S/C17H25N3O3/c1-3-19(4-2)17(21)15-9-7-11-18(13-15)12-14-8-5-6-10-16(14)20(22)23/h5-6,8,10,15H,3-4,7,9,11-13H2,1-2H3/t15-/m1/s1. The summed E-state index contributed by atoms with van der Waals surface area (Å²) in [5, 5.41) is 11.1. The van der Waals surface area contributed by atoms with Crippen molar-refractivity contribution in [3.05, 3.63) is 39.9 Å². The number of para-hydroxylation sites is 1. The molecule has 0 bridgehead atoms. The molecule has 126 valence electrons. The molecule has 0 aliphatic carbocycles. The summed E-state index contributed by atoms with van der Waals surface area (Å²) >= 11 is 0. The number of hydrogen-bond acceptors (Lipinski definition) is 4. The Bertz CT molecular complexity index is 558. The van der Waals surface area contributed by atoms with Gasteiger partial charge in [-0.05, 0) is 33.2 Å². The van der Waals surface area contributed by atoms with Gasteiger partial charge in [-0.2, -0.15) is 0 Å². The van der Waals surface area contributed by atoms with Crippen molar-refractivity contribution in [2.75, 3.05) is 26.2 Å². The SMILES string of the molecule is CCN(CC)C(=O)[C@@H]1CCCN(Cc2ccccc2[N+](=O)[O-])C1. The summed E-state index contributed by atoms with van der Waals surface area (Å²) in [6.45, 7) is 7.55. The van der Waals surface area contributed by atoms with E-state index in [1.54, 1.807) is 12.1 Å². The van der Waals surface area contributed by atoms with Gasteiger partial charge in [-0.3, -0.25) is 19.8 Å². The van der Waals surface area contributed by atoms with Gasteiger partial charge >= 0.3 is 0 Å². The van der Waals surface area contributed by atoms with Crippen LogP contribution in [-0.4, -0.2) is 46.8 Å². The van der Waals surface area contributed by atoms with Crippen molar-refractivity contribution in [3.8, 4) is 0 Å². The van der Waals surface area contributed by atoms with E-state index in [1.165, 1.54) is 6.07 Å². The summed E-state index contributed by atoms with van der Waals surface area (Å²) < 4.78 is 0. The number of amides is 1. The number of likely N-dealkylation sites (tertiary alicyclic amines) is 1. The summed E-state index contributed by atoms with van der Waals surface area (Å²) in [4.78, 5) is 27.4. The minimum atomic E-state index is -0.335. The first kappa shape index (κ1) is 17.4. The van der Waals surface area contributed by atoms with Crippen molar-refractivity contribution in [3.63, 3.8) is 0 Å². The molecule has 6 heteroatoms. The number of nitrogens with zero attached hydrogens (tertiary/aromatic N) is 3. The van der Waals surface area contributed by atoms with Crippen molar-refractivity contribution in [2.24, 2.45) is 5.92 Å². The third-order valence-corrected chi connectivity index (χ3v) is 4.51. The summed E-state index contributed by atoms with van der Waals surface area (Å²) in [6, 6.07) is 6.85. The van der Waals surface area contributed by atoms with Crippen molar-refractivity contribution >= 4 is 11.6 Å². The first-order valence-electron chi connectivity index (χ1n) is 8.30. The molecule has 1 fully saturated rings. The molecule has 1 aliphatic rings. The van der Waals surface area contributed by atoms with Crippen molar-refractivity contribution in [1.82, 2.24) is 9.80 Å². The lowest BCUT2D eigenvalue weighted by Crippen LogP contribution is -2.44. The van der Waals surface area contributed by atoms with Gasteiger partial charge in [-0.25, -0.2) is 0 Å². The maximum atomic E-state index is 12.5. The molecule has 1 heterocycles. The Morgan fingerprint density at radius 1 is 1.35 bits per heavy atom. The van der Waals surface area contributed by atoms with E-state index in [4.69, 9.17) is 0 Å². The Labute approximate surface area is 137 Å². The molecule has 0 radical (unpaired) electrons. The first-order chi connectivity index (χ1) is 11.1. The summed E-state index contributed by atoms with van der Waals surface area (Å²) in [6.07, 6.45) is 1.86. The minimum Gasteiger partial charge on any atom is -0.343 e. The molecule has 1 aromatic rings. The number of nitro benzene ring substituents is 1. The first-order valence-corrected chi connectivity index (χ1v) is 8.30. The maximum absolute atomic E-state index is 12.5. The Morgan fingerprint density at radius 3 is 2.70 bits per heavy atom. The molecular formula is C17H25N3O3. The van der Waals surface area contributed by atoms with Crippen molar-refractivity contribution in [2.45, 2.75) is 33.2 Å². The Morgan fingerprint density at radius 2 is 2.04 bits per heavy atom. The van der Waals surface area contributed by atoms with E-state index in [-0.39, 0.29) is 22.4 Å². The van der Waals surface area contributed by atoms with Crippen LogP contribution < -0.4 is 0 Å². The van der Waals surface area contributed by atoms with E-state index in [0.29, 0.717) is 18.7 Å². The van der Waals surface area contributed by atoms with E-state index in [1.807, 2.05) is 24.8 Å². The second kappa shape index (κ2) is 8.06. The molecule has 2 rings (SSSR count). The molecule has 23 heavy (non-hydrogen) atoms. The highest BCUT2D eigenvalue weighted by atomic mass is 16.6. The summed E-state index contributed by atoms with van der Waals surface area (Å²) in [5.41, 5.74) is 0.873. The van der Waals surface area contributed by atoms with Gasteiger partial charge in [0, 0.05) is 37.8 Å². The van der Waals surface area contributed by atoms with Crippen LogP contribution in [0.2, 0.25) is 0 Å². The van der Waals surface area contributed by atoms with Crippen LogP contribution in [0.15, 0.2) is 24.3 Å². The van der Waals surface area contributed by atoms with Crippen LogP contribution in [0.3, 0.4) is 0 Å². The van der Waals surface area contributed by atoms with Crippen molar-refractivity contribution < 1.29 is 9.72 Å². The number of nitro groups is 1. The van der Waals surface area contributed by atoms with Crippen LogP contribution in [0.4, 0.5) is 5.69 Å². The zero-order valence-corrected chi connectivity index (χ0v) is 13.9. The highest BCUT2D eigenvalue weighted by Gasteiger charge is 2.29. The fourth-order valence-electron chi connectivity index (χ4n) is 3.26. The van der Waals surface area contributed by atoms with Crippen LogP contribution in [-0.2, 0) is 11.3 Å². The molecule has 1 saturated heterocycles. The number of benzene rings is 1. The Hall–Kier alpha value is -1.95. The topological polar surface area (TPSA) is 66.7 Å². The average molecular weight is 319 g/mol. The molecule has 0 unspecified atom stereocenters. The van der Waals surface area contributed by atoms with Gasteiger partial charge in [-0.15, -0.1) is 0 Å². The highest BCUT2D eigenvalue weighted by molar-refractivity contribution is 5.79. The van der Waals surface area contributed by atoms with Crippen LogP contribution in [0, 0.1) is 16.0 Å². The Kier molecular flexibility index (Phi) is 6.10. The van der Waals surface area contributed by atoms with Gasteiger partial charge in [0.2, 0.25) is 5.91 Å². The molecule has 1 aliphatic heterocycles. The van der Waals surface area contributed by atoms with E-state index in [9.17, 15) is 14.9 Å². The lowest BCUT2D eigenvalue weighted by atomic mass is 9.96. The number of rotatable bonds is 6. The van der Waals surface area contributed by atoms with Gasteiger partial charge in [0.15, 0.2) is 0 Å². The number of carbonyl (C=O) groups is 1. The number of carbonyl (C=O) groups excluding carboxylic acids is 1. The third-order valence-electron chi connectivity index (χ3n) is 4.51. The molecule has 1 amide bonds. The molecular weight excluding hydrogens is 294 g/mol. The maximum Gasteiger partial charge on any atom is 0.273 e. The zero-order chi connectivity index (χ0) is 16.8. The monoisotopic (exact) mass is 319 g/mol. The smallest absolute Gasteiger partial charge is 0.273 e. The predicted molar refractivity (Wildman–Crippen MR) is 89.0 cm³/mol. The van der Waals surface area contributed by atoms with Gasteiger partial charge in [0.1, 0.15) is 0 Å². The zero-order valence-electron chi connectivity index (χ0n) is 13.9. The number of hydrogen-bond donors (Lipinski definition) is 0. The van der Waals surface area contributed by atoms with E-state index >= 15 is 0 Å². The van der Waals surface area contributed by atoms with Gasteiger partial charge in [-0.1, -0.05) is 18.2 Å². The van der Waals surface area contributed by atoms with Crippen LogP contribution in [0.25, 0.3) is 0 Å². The molecule has 1 atom stereocenters. The second-order valence-corrected chi connectivity index (χ2v) is 5.97. The fourth-order valence-corrected chi connectivity index (χ4v) is 3.26. The molecule has 0 N–H and O–H groups in total. The summed E-state index contributed by atoms with van der Waals surface area (Å²) in [7, 11) is 0. The molecule has 1 aromatic carbocycles. The van der Waals surface area contributed by atoms with Crippen molar-refractivity contribution in [1.29, 1.82) is 0 Å². The van der Waals surface area contributed by atoms with E-state index in [0.717, 1.165) is 32.5 Å². The molecule has 0 aromatic heterocycles. The Balaban J connectivity index is 2.05. The van der Waals surface area contributed by atoms with Gasteiger partial charge < -0.3 is 4.90 Å². The quantitative estimate of drug-likeness (QED) is 0.597. The van der Waals surface area contributed by atoms with Crippen LogP contribution in [0.1, 0.15) is 32.3 Å². The predicted octanol–water partition coefficient (Wildman–Crippen LogP) is 2.68. The van der Waals surface area contributed by atoms with E-state index < -0.39 is 0 Å².